The van der Waals surface area contributed by atoms with Crippen LogP contribution in [0.4, 0.5) is 0 Å². The Kier molecular flexibility index (Phi) is 3.39. The van der Waals surface area contributed by atoms with Crippen LogP contribution in [0.3, 0.4) is 0 Å². The Morgan fingerprint density at radius 1 is 1.69 bits per heavy atom. The first-order chi connectivity index (χ1) is 7.41. The molecule has 0 radical (unpaired) electrons. The van der Waals surface area contributed by atoms with Crippen LogP contribution in [0.5, 0.6) is 0 Å². The van der Waals surface area contributed by atoms with Crippen molar-refractivity contribution in [2.75, 3.05) is 5.75 Å². The Bertz CT molecular complexity index is 407. The molecule has 1 aliphatic rings. The summed E-state index contributed by atoms with van der Waals surface area (Å²) < 4.78 is 2.90. The third-order valence-electron chi connectivity index (χ3n) is 3.06. The van der Waals surface area contributed by atoms with Crippen LogP contribution in [0, 0.1) is 6.92 Å². The van der Waals surface area contributed by atoms with Crippen molar-refractivity contribution in [3.63, 3.8) is 0 Å². The maximum absolute atomic E-state index is 10.5. The van der Waals surface area contributed by atoms with Crippen LogP contribution in [0.2, 0.25) is 0 Å². The number of aliphatic hydroxyl groups is 1. The molecule has 2 heterocycles. The Balaban J connectivity index is 2.21. The van der Waals surface area contributed by atoms with Crippen molar-refractivity contribution >= 4 is 27.7 Å². The lowest BCUT2D eigenvalue weighted by molar-refractivity contribution is 0.0621. The van der Waals surface area contributed by atoms with E-state index in [1.54, 1.807) is 0 Å². The van der Waals surface area contributed by atoms with Crippen LogP contribution >= 0.6 is 27.7 Å². The highest BCUT2D eigenvalue weighted by Crippen LogP contribution is 2.37. The molecule has 0 amide bonds. The van der Waals surface area contributed by atoms with Crippen molar-refractivity contribution < 1.29 is 5.11 Å². The molecule has 16 heavy (non-hydrogen) atoms. The summed E-state index contributed by atoms with van der Waals surface area (Å²) in [5.41, 5.74) is 1.52. The van der Waals surface area contributed by atoms with E-state index in [4.69, 9.17) is 0 Å². The normalized spacial score (nSPS) is 29.9. The number of thioether (sulfide) groups is 1. The van der Waals surface area contributed by atoms with Crippen LogP contribution in [0.1, 0.15) is 24.7 Å². The van der Waals surface area contributed by atoms with Gasteiger partial charge in [0.15, 0.2) is 0 Å². The molecule has 2 unspecified atom stereocenters. The van der Waals surface area contributed by atoms with Crippen LogP contribution in [-0.4, -0.2) is 31.5 Å². The minimum Gasteiger partial charge on any atom is -0.389 e. The molecule has 3 nitrogen and oxygen atoms in total. The highest BCUT2D eigenvalue weighted by molar-refractivity contribution is 9.10. The van der Waals surface area contributed by atoms with E-state index in [-0.39, 0.29) is 0 Å². The Hall–Kier alpha value is -0.000000000000000111. The lowest BCUT2D eigenvalue weighted by Gasteiger charge is -2.21. The summed E-state index contributed by atoms with van der Waals surface area (Å²) in [6, 6.07) is 0. The molecule has 2 rings (SSSR count). The molecule has 1 aliphatic heterocycles. The second kappa shape index (κ2) is 4.35. The minimum atomic E-state index is -0.563. The molecule has 0 spiro atoms. The minimum absolute atomic E-state index is 0.554. The SMILES string of the molecule is Cc1nn(C)c(CC2(O)CSC(C)C2)c1Br. The fourth-order valence-corrected chi connectivity index (χ4v) is 3.98. The highest BCUT2D eigenvalue weighted by Gasteiger charge is 2.37. The predicted octanol–water partition coefficient (Wildman–Crippen LogP) is 2.29. The number of aryl methyl sites for hydroxylation is 2. The fraction of sp³-hybridized carbons (Fsp3) is 0.727. The van der Waals surface area contributed by atoms with Gasteiger partial charge < -0.3 is 5.11 Å². The van der Waals surface area contributed by atoms with Crippen LogP contribution in [0.15, 0.2) is 4.47 Å². The number of aromatic nitrogens is 2. The first-order valence-corrected chi connectivity index (χ1v) is 7.27. The second-order valence-corrected chi connectivity index (χ2v) is 6.92. The Labute approximate surface area is 109 Å². The van der Waals surface area contributed by atoms with Gasteiger partial charge in [0.1, 0.15) is 0 Å². The molecule has 1 aromatic rings. The molecule has 2 atom stereocenters. The van der Waals surface area contributed by atoms with E-state index < -0.39 is 5.60 Å². The smallest absolute Gasteiger partial charge is 0.0803 e. The van der Waals surface area contributed by atoms with E-state index >= 15 is 0 Å². The lowest BCUT2D eigenvalue weighted by atomic mass is 9.95. The maximum Gasteiger partial charge on any atom is 0.0803 e. The quantitative estimate of drug-likeness (QED) is 0.911. The van der Waals surface area contributed by atoms with Crippen LogP contribution < -0.4 is 0 Å². The molecule has 0 aromatic carbocycles. The van der Waals surface area contributed by atoms with Crippen molar-refractivity contribution in [2.24, 2.45) is 7.05 Å². The van der Waals surface area contributed by atoms with Gasteiger partial charge in [0.2, 0.25) is 0 Å². The summed E-state index contributed by atoms with van der Waals surface area (Å²) in [6.07, 6.45) is 1.55. The number of nitrogens with zero attached hydrogens (tertiary/aromatic N) is 2. The molecule has 0 saturated carbocycles. The van der Waals surface area contributed by atoms with Gasteiger partial charge in [-0.3, -0.25) is 4.68 Å². The van der Waals surface area contributed by atoms with E-state index in [1.165, 1.54) is 0 Å². The average molecular weight is 305 g/mol. The summed E-state index contributed by atoms with van der Waals surface area (Å²) in [4.78, 5) is 0. The lowest BCUT2D eigenvalue weighted by Crippen LogP contribution is -2.32. The summed E-state index contributed by atoms with van der Waals surface area (Å²) >= 11 is 5.39. The average Bonchev–Trinajstić information content (AvgIpc) is 2.63. The third kappa shape index (κ3) is 2.31. The van der Waals surface area contributed by atoms with Gasteiger partial charge in [0.25, 0.3) is 0 Å². The number of hydrogen-bond donors (Lipinski definition) is 1. The van der Waals surface area contributed by atoms with Crippen molar-refractivity contribution in [1.29, 1.82) is 0 Å². The summed E-state index contributed by atoms with van der Waals surface area (Å²) in [5, 5.41) is 15.4. The van der Waals surface area contributed by atoms with Crippen molar-refractivity contribution in [3.8, 4) is 0 Å². The largest absolute Gasteiger partial charge is 0.389 e. The van der Waals surface area contributed by atoms with Crippen LogP contribution in [0.25, 0.3) is 0 Å². The molecule has 1 N–H and O–H groups in total. The molecule has 1 fully saturated rings. The standard InChI is InChI=1S/C11H17BrN2OS/c1-7-4-11(15,6-16-7)5-9-10(12)8(2)13-14(9)3/h7,15H,4-6H2,1-3H3. The van der Waals surface area contributed by atoms with E-state index in [2.05, 4.69) is 28.0 Å². The second-order valence-electron chi connectivity index (χ2n) is 4.70. The molecule has 1 saturated heterocycles. The van der Waals surface area contributed by atoms with Gasteiger partial charge in [-0.15, -0.1) is 0 Å². The highest BCUT2D eigenvalue weighted by atomic mass is 79.9. The summed E-state index contributed by atoms with van der Waals surface area (Å²) in [6.45, 7) is 4.15. The molecular formula is C11H17BrN2OS. The molecule has 5 heteroatoms. The topological polar surface area (TPSA) is 38.0 Å². The van der Waals surface area contributed by atoms with Gasteiger partial charge in [-0.2, -0.15) is 16.9 Å². The fourth-order valence-electron chi connectivity index (χ4n) is 2.26. The van der Waals surface area contributed by atoms with Crippen LogP contribution in [-0.2, 0) is 13.5 Å². The van der Waals surface area contributed by atoms with Gasteiger partial charge in [-0.25, -0.2) is 0 Å². The number of rotatable bonds is 2. The van der Waals surface area contributed by atoms with Gasteiger partial charge in [-0.05, 0) is 29.3 Å². The maximum atomic E-state index is 10.5. The zero-order valence-corrected chi connectivity index (χ0v) is 12.2. The van der Waals surface area contributed by atoms with Crippen molar-refractivity contribution in [3.05, 3.63) is 15.9 Å². The molecule has 90 valence electrons. The first-order valence-electron chi connectivity index (χ1n) is 5.43. The van der Waals surface area contributed by atoms with E-state index in [9.17, 15) is 5.11 Å². The van der Waals surface area contributed by atoms with Crippen molar-refractivity contribution in [1.82, 2.24) is 9.78 Å². The molecular weight excluding hydrogens is 288 g/mol. The Morgan fingerprint density at radius 2 is 2.38 bits per heavy atom. The summed E-state index contributed by atoms with van der Waals surface area (Å²) in [5.74, 6) is 0.824. The van der Waals surface area contributed by atoms with Gasteiger partial charge in [0.05, 0.1) is 21.5 Å². The summed E-state index contributed by atoms with van der Waals surface area (Å²) in [7, 11) is 1.93. The zero-order valence-electron chi connectivity index (χ0n) is 9.83. The van der Waals surface area contributed by atoms with Gasteiger partial charge in [-0.1, -0.05) is 6.92 Å². The monoisotopic (exact) mass is 304 g/mol. The Morgan fingerprint density at radius 3 is 2.81 bits per heavy atom. The van der Waals surface area contributed by atoms with E-state index in [0.29, 0.717) is 11.7 Å². The van der Waals surface area contributed by atoms with E-state index in [0.717, 1.165) is 28.0 Å². The molecule has 1 aromatic heterocycles. The van der Waals surface area contributed by atoms with Crippen molar-refractivity contribution in [2.45, 2.75) is 37.5 Å². The predicted molar refractivity (Wildman–Crippen MR) is 70.8 cm³/mol. The van der Waals surface area contributed by atoms with E-state index in [1.807, 2.05) is 30.4 Å². The molecule has 0 aliphatic carbocycles. The van der Waals surface area contributed by atoms with Gasteiger partial charge >= 0.3 is 0 Å². The zero-order chi connectivity index (χ0) is 11.9. The third-order valence-corrected chi connectivity index (χ3v) is 5.53. The number of halogens is 1. The van der Waals surface area contributed by atoms with Gasteiger partial charge in [0, 0.05) is 24.5 Å². The number of hydrogen-bond acceptors (Lipinski definition) is 3. The first kappa shape index (κ1) is 12.5. The molecule has 0 bridgehead atoms.